The van der Waals surface area contributed by atoms with Gasteiger partial charge in [0.2, 0.25) is 0 Å². The van der Waals surface area contributed by atoms with Gasteiger partial charge in [-0.2, -0.15) is 0 Å². The summed E-state index contributed by atoms with van der Waals surface area (Å²) in [6.45, 7) is 3.61. The van der Waals surface area contributed by atoms with Crippen molar-refractivity contribution in [2.24, 2.45) is 0 Å². The Morgan fingerprint density at radius 3 is 2.27 bits per heavy atom. The molecule has 0 aromatic heterocycles. The molecule has 0 aliphatic carbocycles. The van der Waals surface area contributed by atoms with Crippen molar-refractivity contribution < 1.29 is 23.9 Å². The molecule has 0 amide bonds. The van der Waals surface area contributed by atoms with Crippen LogP contribution in [-0.2, 0) is 14.1 Å². The molecule has 0 rings (SSSR count). The zero-order valence-electron chi connectivity index (χ0n) is 8.97. The second kappa shape index (κ2) is 6.77. The molecular formula is C9H17O5P. The lowest BCUT2D eigenvalue weighted by atomic mass is 10.1. The molecule has 2 N–H and O–H groups in total. The minimum atomic E-state index is -4.07. The Kier molecular flexibility index (Phi) is 6.48. The van der Waals surface area contributed by atoms with E-state index in [-0.39, 0.29) is 6.61 Å². The van der Waals surface area contributed by atoms with Crippen LogP contribution in [-0.4, -0.2) is 28.5 Å². The second-order valence-electron chi connectivity index (χ2n) is 3.07. The third-order valence-electron chi connectivity index (χ3n) is 1.86. The molecule has 0 fully saturated rings. The lowest BCUT2D eigenvalue weighted by Gasteiger charge is -2.04. The molecule has 0 aliphatic rings. The van der Waals surface area contributed by atoms with E-state index < -0.39 is 19.7 Å². The summed E-state index contributed by atoms with van der Waals surface area (Å²) in [5.41, 5.74) is 0.955. The third-order valence-corrected chi connectivity index (χ3v) is 2.62. The summed E-state index contributed by atoms with van der Waals surface area (Å²) in [6, 6.07) is 0. The Morgan fingerprint density at radius 2 is 1.87 bits per heavy atom. The summed E-state index contributed by atoms with van der Waals surface area (Å²) in [7, 11) is -4.07. The Morgan fingerprint density at radius 1 is 1.33 bits per heavy atom. The van der Waals surface area contributed by atoms with Gasteiger partial charge in [-0.05, 0) is 12.8 Å². The van der Waals surface area contributed by atoms with Crippen LogP contribution in [0.2, 0.25) is 0 Å². The zero-order valence-corrected chi connectivity index (χ0v) is 9.87. The zero-order chi connectivity index (χ0) is 11.9. The van der Waals surface area contributed by atoms with Crippen molar-refractivity contribution in [3.63, 3.8) is 0 Å². The molecule has 0 radical (unpaired) electrons. The molecule has 0 bridgehead atoms. The lowest BCUT2D eigenvalue weighted by Crippen LogP contribution is -2.07. The highest BCUT2D eigenvalue weighted by Crippen LogP contribution is 2.33. The van der Waals surface area contributed by atoms with E-state index in [2.05, 4.69) is 4.74 Å². The highest BCUT2D eigenvalue weighted by molar-refractivity contribution is 7.51. The minimum Gasteiger partial charge on any atom is -0.462 e. The monoisotopic (exact) mass is 236 g/mol. The van der Waals surface area contributed by atoms with Crippen molar-refractivity contribution in [3.8, 4) is 0 Å². The first kappa shape index (κ1) is 14.4. The van der Waals surface area contributed by atoms with Gasteiger partial charge in [0.05, 0.1) is 6.16 Å². The van der Waals surface area contributed by atoms with Crippen LogP contribution in [0.3, 0.4) is 0 Å². The first-order valence-corrected chi connectivity index (χ1v) is 6.59. The fraction of sp³-hybridized carbons (Fsp3) is 0.667. The van der Waals surface area contributed by atoms with E-state index in [4.69, 9.17) is 9.79 Å². The summed E-state index contributed by atoms with van der Waals surface area (Å²) in [5, 5.41) is 0. The predicted molar refractivity (Wildman–Crippen MR) is 56.5 cm³/mol. The number of ether oxygens (including phenoxy) is 1. The quantitative estimate of drug-likeness (QED) is 0.414. The van der Waals surface area contributed by atoms with Gasteiger partial charge in [-0.3, -0.25) is 4.57 Å². The maximum atomic E-state index is 11.1. The molecule has 5 nitrogen and oxygen atoms in total. The molecule has 0 heterocycles. The van der Waals surface area contributed by atoms with Gasteiger partial charge in [-0.25, -0.2) is 4.79 Å². The summed E-state index contributed by atoms with van der Waals surface area (Å²) < 4.78 is 15.1. The largest absolute Gasteiger partial charge is 0.462 e. The number of hydrogen-bond donors (Lipinski definition) is 2. The van der Waals surface area contributed by atoms with Crippen molar-refractivity contribution in [2.45, 2.75) is 26.7 Å². The fourth-order valence-corrected chi connectivity index (χ4v) is 1.26. The van der Waals surface area contributed by atoms with Gasteiger partial charge >= 0.3 is 13.6 Å². The van der Waals surface area contributed by atoms with Crippen LogP contribution < -0.4 is 0 Å². The van der Waals surface area contributed by atoms with Crippen LogP contribution in [0.4, 0.5) is 0 Å². The van der Waals surface area contributed by atoms with Crippen molar-refractivity contribution >= 4 is 13.6 Å². The van der Waals surface area contributed by atoms with Gasteiger partial charge in [0.1, 0.15) is 6.61 Å². The average Bonchev–Trinajstić information content (AvgIpc) is 2.12. The maximum Gasteiger partial charge on any atom is 0.330 e. The second-order valence-corrected chi connectivity index (χ2v) is 4.84. The normalized spacial score (nSPS) is 10.9. The van der Waals surface area contributed by atoms with Crippen molar-refractivity contribution in [3.05, 3.63) is 11.6 Å². The maximum absolute atomic E-state index is 11.1. The molecule has 0 aliphatic heterocycles. The first-order valence-electron chi connectivity index (χ1n) is 4.79. The molecule has 0 aromatic carbocycles. The third kappa shape index (κ3) is 8.36. The summed E-state index contributed by atoms with van der Waals surface area (Å²) in [6.07, 6.45) is 2.48. The van der Waals surface area contributed by atoms with Gasteiger partial charge in [0.15, 0.2) is 0 Å². The average molecular weight is 236 g/mol. The van der Waals surface area contributed by atoms with E-state index in [0.717, 1.165) is 18.4 Å². The number of hydrogen-bond acceptors (Lipinski definition) is 3. The van der Waals surface area contributed by atoms with Gasteiger partial charge in [-0.1, -0.05) is 19.4 Å². The standard InChI is InChI=1S/C9H17O5P/c1-3-8(4-2)7-9(10)14-5-6-15(11,12)13/h7H,3-6H2,1-2H3,(H2,11,12,13). The lowest BCUT2D eigenvalue weighted by molar-refractivity contribution is -0.137. The van der Waals surface area contributed by atoms with Crippen LogP contribution in [0.25, 0.3) is 0 Å². The van der Waals surface area contributed by atoms with Gasteiger partial charge in [0.25, 0.3) is 0 Å². The topological polar surface area (TPSA) is 83.8 Å². The number of allylic oxidation sites excluding steroid dienone is 1. The summed E-state index contributed by atoms with van der Waals surface area (Å²) in [5.74, 6) is -0.540. The van der Waals surface area contributed by atoms with E-state index in [0.29, 0.717) is 0 Å². The van der Waals surface area contributed by atoms with E-state index in [1.165, 1.54) is 6.08 Å². The number of carbonyl (C=O) groups is 1. The summed E-state index contributed by atoms with van der Waals surface area (Å²) in [4.78, 5) is 28.1. The first-order chi connectivity index (χ1) is 6.89. The number of rotatable bonds is 6. The molecule has 0 spiro atoms. The Hall–Kier alpha value is -0.640. The fourth-order valence-electron chi connectivity index (χ4n) is 0.928. The molecule has 0 unspecified atom stereocenters. The van der Waals surface area contributed by atoms with Crippen molar-refractivity contribution in [1.82, 2.24) is 0 Å². The molecule has 15 heavy (non-hydrogen) atoms. The van der Waals surface area contributed by atoms with Crippen LogP contribution in [0.5, 0.6) is 0 Å². The molecule has 88 valence electrons. The van der Waals surface area contributed by atoms with Gasteiger partial charge < -0.3 is 14.5 Å². The highest BCUT2D eigenvalue weighted by atomic mass is 31.2. The molecule has 0 atom stereocenters. The summed E-state index contributed by atoms with van der Waals surface area (Å²) >= 11 is 0. The smallest absolute Gasteiger partial charge is 0.330 e. The van der Waals surface area contributed by atoms with E-state index in [1.807, 2.05) is 13.8 Å². The Labute approximate surface area is 89.3 Å². The molecule has 0 aromatic rings. The van der Waals surface area contributed by atoms with E-state index >= 15 is 0 Å². The van der Waals surface area contributed by atoms with Crippen molar-refractivity contribution in [2.75, 3.05) is 12.8 Å². The number of esters is 1. The van der Waals surface area contributed by atoms with Crippen LogP contribution >= 0.6 is 7.60 Å². The van der Waals surface area contributed by atoms with Crippen LogP contribution in [0, 0.1) is 0 Å². The van der Waals surface area contributed by atoms with E-state index in [1.54, 1.807) is 0 Å². The van der Waals surface area contributed by atoms with E-state index in [9.17, 15) is 9.36 Å². The molecular weight excluding hydrogens is 219 g/mol. The SMILES string of the molecule is CCC(=CC(=O)OCCP(=O)(O)O)CC. The van der Waals surface area contributed by atoms with Gasteiger partial charge in [-0.15, -0.1) is 0 Å². The van der Waals surface area contributed by atoms with Crippen LogP contribution in [0.1, 0.15) is 26.7 Å². The van der Waals surface area contributed by atoms with Gasteiger partial charge in [0, 0.05) is 6.08 Å². The van der Waals surface area contributed by atoms with Crippen molar-refractivity contribution in [1.29, 1.82) is 0 Å². The Bertz CT molecular complexity index is 272. The van der Waals surface area contributed by atoms with Crippen LogP contribution in [0.15, 0.2) is 11.6 Å². The highest BCUT2D eigenvalue weighted by Gasteiger charge is 2.13. The molecule has 0 saturated carbocycles. The number of carbonyl (C=O) groups excluding carboxylic acids is 1. The Balaban J connectivity index is 3.95. The molecule has 0 saturated heterocycles. The molecule has 6 heteroatoms. The predicted octanol–water partition coefficient (Wildman–Crippen LogP) is 1.45. The minimum absolute atomic E-state index is 0.250.